The summed E-state index contributed by atoms with van der Waals surface area (Å²) < 4.78 is 1.15. The number of fused-ring (bicyclic) bond motifs is 12. The largest absolute Gasteiger partial charge is 0.355 e. The highest BCUT2D eigenvalue weighted by atomic mass is 79.9. The summed E-state index contributed by atoms with van der Waals surface area (Å²) >= 11 is 3.73. The molecule has 1 N–H and O–H groups in total. The lowest BCUT2D eigenvalue weighted by Gasteiger charge is -2.31. The van der Waals surface area contributed by atoms with Crippen LogP contribution in [0.25, 0.3) is 111 Å². The van der Waals surface area contributed by atoms with Crippen molar-refractivity contribution in [2.45, 2.75) is 10.8 Å². The number of benzene rings is 16. The smallest absolute Gasteiger partial charge is 0.0738 e. The van der Waals surface area contributed by atoms with Crippen LogP contribution in [-0.2, 0) is 10.8 Å². The Hall–Kier alpha value is -11.9. The van der Waals surface area contributed by atoms with Gasteiger partial charge < -0.3 is 10.2 Å². The van der Waals surface area contributed by atoms with Crippen LogP contribution in [0, 0.1) is 0 Å². The molecule has 6 aliphatic carbocycles. The zero-order valence-corrected chi connectivity index (χ0v) is 54.4. The summed E-state index contributed by atoms with van der Waals surface area (Å²) in [5.41, 5.74) is 38.1. The number of para-hydroxylation sites is 4. The molecule has 0 saturated heterocycles. The molecule has 6 aliphatic rings. The SMILES string of the molecule is Brc1ccc2c(c1)C13c4ccccc4-c4cccc(c41)-c1cccc-2c13.c1ccc(N(c2ccc3c(c2)C24c5ccccc5-c5cccc(c52)-c2cccc-3c24)c2ccccc2-c2ccc3ccccc3c2)cc1.c1ccc(Nc2ccccc2-c2ccc3ccccc3c2)cc1. The summed E-state index contributed by atoms with van der Waals surface area (Å²) in [7, 11) is 0. The van der Waals surface area contributed by atoms with E-state index in [0.29, 0.717) is 0 Å². The number of halogens is 1. The van der Waals surface area contributed by atoms with Gasteiger partial charge in [0.15, 0.2) is 0 Å². The number of hydrogen-bond acceptors (Lipinski definition) is 2. The van der Waals surface area contributed by atoms with Gasteiger partial charge in [-0.3, -0.25) is 0 Å². The van der Waals surface area contributed by atoms with Crippen LogP contribution in [0.2, 0.25) is 0 Å². The van der Waals surface area contributed by atoms with Gasteiger partial charge in [-0.05, 0) is 217 Å². The molecule has 2 spiro atoms. The van der Waals surface area contributed by atoms with Crippen LogP contribution in [0.5, 0.6) is 0 Å². The predicted molar refractivity (Wildman–Crippen MR) is 408 cm³/mol. The fraction of sp³-hybridized carbons (Fsp3) is 0.0213. The van der Waals surface area contributed by atoms with E-state index in [-0.39, 0.29) is 10.8 Å². The van der Waals surface area contributed by atoms with Gasteiger partial charge in [0.05, 0.1) is 16.5 Å². The van der Waals surface area contributed by atoms with Gasteiger partial charge in [-0.15, -0.1) is 0 Å². The highest BCUT2D eigenvalue weighted by Crippen LogP contribution is 2.72. The number of rotatable bonds is 7. The molecule has 2 atom stereocenters. The van der Waals surface area contributed by atoms with Crippen LogP contribution in [0.4, 0.5) is 28.4 Å². The molecule has 2 unspecified atom stereocenters. The van der Waals surface area contributed by atoms with Crippen molar-refractivity contribution in [3.8, 4) is 89.0 Å². The summed E-state index contributed by atoms with van der Waals surface area (Å²) in [4.78, 5) is 2.45. The molecule has 97 heavy (non-hydrogen) atoms. The molecule has 0 saturated carbocycles. The first-order chi connectivity index (χ1) is 48.0. The number of hydrogen-bond donors (Lipinski definition) is 1. The van der Waals surface area contributed by atoms with E-state index < -0.39 is 0 Å². The van der Waals surface area contributed by atoms with Gasteiger partial charge in [0.1, 0.15) is 0 Å². The van der Waals surface area contributed by atoms with Crippen molar-refractivity contribution in [3.05, 3.63) is 401 Å². The van der Waals surface area contributed by atoms with Gasteiger partial charge in [-0.1, -0.05) is 295 Å². The topological polar surface area (TPSA) is 15.3 Å². The molecule has 3 heteroatoms. The van der Waals surface area contributed by atoms with Crippen LogP contribution in [-0.4, -0.2) is 0 Å². The minimum atomic E-state index is -0.319. The fourth-order valence-corrected chi connectivity index (χ4v) is 18.1. The molecule has 16 aromatic carbocycles. The molecular weight excluding hydrogens is 1240 g/mol. The van der Waals surface area contributed by atoms with Gasteiger partial charge in [-0.25, -0.2) is 0 Å². The molecule has 0 amide bonds. The minimum absolute atomic E-state index is 0.145. The van der Waals surface area contributed by atoms with Crippen molar-refractivity contribution < 1.29 is 0 Å². The lowest BCUT2D eigenvalue weighted by Crippen LogP contribution is -2.23. The van der Waals surface area contributed by atoms with Crippen molar-refractivity contribution in [2.75, 3.05) is 10.2 Å². The standard InChI is InChI=1S/C47H29N.C25H13Br.C22H17N/c1-2-14-33(15-3-1)48(44-23-9-7-16-35(44)32-25-24-30-12-4-5-13-31(30)28-32)34-26-27-37-39-19-11-21-41-40-20-10-18-38-36-17-6-8-22-42(36)47(45(38)40,46(39)41)43(37)29-34;26-14-11-12-16-18-7-4-9-20-19-8-3-6-17-15-5-1-2-10-21(15)25(23(17)19,24(18)20)22(16)13-14;1-2-10-20(11-3-1)23-22-13-7-6-12-21(22)19-15-14-17-8-4-5-9-18(17)16-19/h1-29H;1-13H;1-16,23H. The van der Waals surface area contributed by atoms with E-state index >= 15 is 0 Å². The third kappa shape index (κ3) is 8.01. The monoisotopic (exact) mass is 1290 g/mol. The second kappa shape index (κ2) is 21.6. The first kappa shape index (κ1) is 55.6. The first-order valence-electron chi connectivity index (χ1n) is 33.6. The Bertz CT molecular complexity index is 5890. The minimum Gasteiger partial charge on any atom is -0.355 e. The Balaban J connectivity index is 0.000000110. The quantitative estimate of drug-likeness (QED) is 0.171. The van der Waals surface area contributed by atoms with E-state index in [1.807, 2.05) is 18.2 Å². The van der Waals surface area contributed by atoms with Gasteiger partial charge in [0, 0.05) is 38.3 Å². The predicted octanol–water partition coefficient (Wildman–Crippen LogP) is 25.3. The lowest BCUT2D eigenvalue weighted by molar-refractivity contribution is 0.817. The number of nitrogens with one attached hydrogen (secondary N) is 1. The summed E-state index contributed by atoms with van der Waals surface area (Å²) in [5, 5.41) is 8.55. The molecule has 0 aliphatic heterocycles. The zero-order valence-electron chi connectivity index (χ0n) is 52.8. The Morgan fingerprint density at radius 1 is 0.237 bits per heavy atom. The van der Waals surface area contributed by atoms with Crippen molar-refractivity contribution >= 4 is 65.9 Å². The second-order valence-corrected chi connectivity index (χ2v) is 27.2. The van der Waals surface area contributed by atoms with Gasteiger partial charge >= 0.3 is 0 Å². The highest BCUT2D eigenvalue weighted by Gasteiger charge is 2.59. The maximum absolute atomic E-state index is 3.73. The van der Waals surface area contributed by atoms with E-state index in [2.05, 4.69) is 360 Å². The molecule has 2 nitrogen and oxygen atoms in total. The molecule has 16 aromatic rings. The van der Waals surface area contributed by atoms with Gasteiger partial charge in [-0.2, -0.15) is 0 Å². The maximum atomic E-state index is 3.73. The van der Waals surface area contributed by atoms with Gasteiger partial charge in [0.2, 0.25) is 0 Å². The number of anilines is 5. The molecule has 0 fully saturated rings. The Labute approximate surface area is 572 Å². The van der Waals surface area contributed by atoms with Crippen LogP contribution in [0.15, 0.2) is 356 Å². The van der Waals surface area contributed by atoms with E-state index in [4.69, 9.17) is 0 Å². The molecule has 22 rings (SSSR count). The third-order valence-corrected chi connectivity index (χ3v) is 22.0. The summed E-state index contributed by atoms with van der Waals surface area (Å²) in [5.74, 6) is 0. The summed E-state index contributed by atoms with van der Waals surface area (Å²) in [6.45, 7) is 0. The van der Waals surface area contributed by atoms with E-state index in [0.717, 1.165) is 32.9 Å². The summed E-state index contributed by atoms with van der Waals surface area (Å²) in [6.07, 6.45) is 0. The Kier molecular flexibility index (Phi) is 12.4. The second-order valence-electron chi connectivity index (χ2n) is 26.3. The molecule has 0 aromatic heterocycles. The van der Waals surface area contributed by atoms with Crippen LogP contribution in [0.1, 0.15) is 44.5 Å². The average molecular weight is 1300 g/mol. The van der Waals surface area contributed by atoms with E-state index in [1.165, 1.54) is 155 Å². The van der Waals surface area contributed by atoms with E-state index in [9.17, 15) is 0 Å². The average Bonchev–Trinajstić information content (AvgIpc) is 1.49. The van der Waals surface area contributed by atoms with Crippen LogP contribution in [0.3, 0.4) is 0 Å². The molecular formula is C94H59BrN2. The van der Waals surface area contributed by atoms with Crippen LogP contribution < -0.4 is 10.2 Å². The normalized spacial score (nSPS) is 15.4. The van der Waals surface area contributed by atoms with E-state index in [1.54, 1.807) is 0 Å². The highest BCUT2D eigenvalue weighted by molar-refractivity contribution is 9.10. The Morgan fingerprint density at radius 3 is 1.15 bits per heavy atom. The molecule has 0 bridgehead atoms. The molecule has 0 radical (unpaired) electrons. The van der Waals surface area contributed by atoms with Crippen molar-refractivity contribution in [2.24, 2.45) is 0 Å². The molecule has 0 heterocycles. The third-order valence-electron chi connectivity index (χ3n) is 21.5. The zero-order chi connectivity index (χ0) is 63.9. The Morgan fingerprint density at radius 2 is 0.619 bits per heavy atom. The van der Waals surface area contributed by atoms with Gasteiger partial charge in [0.25, 0.3) is 0 Å². The van der Waals surface area contributed by atoms with Crippen LogP contribution >= 0.6 is 15.9 Å². The molecule has 452 valence electrons. The number of nitrogens with zero attached hydrogens (tertiary/aromatic N) is 1. The maximum Gasteiger partial charge on any atom is 0.0738 e. The van der Waals surface area contributed by atoms with Crippen molar-refractivity contribution in [1.82, 2.24) is 0 Å². The first-order valence-corrected chi connectivity index (χ1v) is 34.4. The fourth-order valence-electron chi connectivity index (χ4n) is 17.8. The summed E-state index contributed by atoms with van der Waals surface area (Å²) in [6, 6.07) is 128. The van der Waals surface area contributed by atoms with Crippen molar-refractivity contribution in [1.29, 1.82) is 0 Å². The lowest BCUT2D eigenvalue weighted by atomic mass is 9.73. The van der Waals surface area contributed by atoms with Crippen molar-refractivity contribution in [3.63, 3.8) is 0 Å².